The van der Waals surface area contributed by atoms with Gasteiger partial charge in [0.2, 0.25) is 0 Å². The van der Waals surface area contributed by atoms with E-state index in [1.54, 1.807) is 36.4 Å². The summed E-state index contributed by atoms with van der Waals surface area (Å²) in [4.78, 5) is 27.1. The van der Waals surface area contributed by atoms with Gasteiger partial charge in [-0.1, -0.05) is 44.2 Å². The van der Waals surface area contributed by atoms with Crippen LogP contribution in [0, 0.1) is 0 Å². The average Bonchev–Trinajstić information content (AvgIpc) is 3.23. The maximum absolute atomic E-state index is 12.6. The van der Waals surface area contributed by atoms with Gasteiger partial charge in [-0.25, -0.2) is 0 Å². The molecule has 2 aromatic carbocycles. The fourth-order valence-corrected chi connectivity index (χ4v) is 3.43. The Hall–Kier alpha value is -2.90. The van der Waals surface area contributed by atoms with E-state index in [0.717, 1.165) is 25.2 Å². The molecule has 7 heteroatoms. The standard InChI is InChI=1S/C24H26BrN3O3/c1-3-28(4-2)16-18-10-8-17(9-11-18)15-26-23(29)19-6-5-7-20(14-19)27-24(30)21-12-13-22(25)31-21/h5-14H,3-4,15-16H2,1-2H3,(H,26,29)(H,27,30). The van der Waals surface area contributed by atoms with Crippen LogP contribution < -0.4 is 10.6 Å². The first-order chi connectivity index (χ1) is 15.0. The van der Waals surface area contributed by atoms with Gasteiger partial charge in [-0.2, -0.15) is 0 Å². The molecule has 3 rings (SSSR count). The Kier molecular flexibility index (Phi) is 8.03. The van der Waals surface area contributed by atoms with E-state index in [0.29, 0.717) is 22.5 Å². The highest BCUT2D eigenvalue weighted by atomic mass is 79.9. The van der Waals surface area contributed by atoms with Gasteiger partial charge in [0.05, 0.1) is 0 Å². The molecule has 162 valence electrons. The number of hydrogen-bond acceptors (Lipinski definition) is 4. The van der Waals surface area contributed by atoms with Crippen molar-refractivity contribution in [3.8, 4) is 0 Å². The highest BCUT2D eigenvalue weighted by molar-refractivity contribution is 9.10. The number of nitrogens with zero attached hydrogens (tertiary/aromatic N) is 1. The molecule has 0 saturated carbocycles. The maximum atomic E-state index is 12.6. The molecule has 0 radical (unpaired) electrons. The first-order valence-electron chi connectivity index (χ1n) is 10.2. The Bertz CT molecular complexity index is 1030. The summed E-state index contributed by atoms with van der Waals surface area (Å²) >= 11 is 3.17. The summed E-state index contributed by atoms with van der Waals surface area (Å²) in [5.74, 6) is -0.400. The third kappa shape index (κ3) is 6.54. The average molecular weight is 484 g/mol. The predicted molar refractivity (Wildman–Crippen MR) is 125 cm³/mol. The lowest BCUT2D eigenvalue weighted by Gasteiger charge is -2.18. The number of furan rings is 1. The van der Waals surface area contributed by atoms with Crippen LogP contribution in [0.15, 0.2) is 69.8 Å². The molecule has 2 amide bonds. The van der Waals surface area contributed by atoms with E-state index >= 15 is 0 Å². The molecule has 1 aromatic heterocycles. The largest absolute Gasteiger partial charge is 0.444 e. The number of amides is 2. The number of anilines is 1. The van der Waals surface area contributed by atoms with Crippen LogP contribution >= 0.6 is 15.9 Å². The van der Waals surface area contributed by atoms with Crippen molar-refractivity contribution in [3.63, 3.8) is 0 Å². The van der Waals surface area contributed by atoms with Gasteiger partial charge in [0.1, 0.15) is 0 Å². The molecule has 2 N–H and O–H groups in total. The van der Waals surface area contributed by atoms with Crippen LogP contribution in [0.25, 0.3) is 0 Å². The Labute approximate surface area is 190 Å². The summed E-state index contributed by atoms with van der Waals surface area (Å²) in [5, 5.41) is 5.66. The van der Waals surface area contributed by atoms with Gasteiger partial charge >= 0.3 is 0 Å². The van der Waals surface area contributed by atoms with E-state index in [9.17, 15) is 9.59 Å². The SMILES string of the molecule is CCN(CC)Cc1ccc(CNC(=O)c2cccc(NC(=O)c3ccc(Br)o3)c2)cc1. The Morgan fingerprint density at radius 1 is 0.935 bits per heavy atom. The quantitative estimate of drug-likeness (QED) is 0.445. The molecule has 0 fully saturated rings. The van der Waals surface area contributed by atoms with Gasteiger partial charge in [-0.15, -0.1) is 0 Å². The topological polar surface area (TPSA) is 74.6 Å². The molecule has 0 bridgehead atoms. The van der Waals surface area contributed by atoms with E-state index in [1.165, 1.54) is 5.56 Å². The van der Waals surface area contributed by atoms with Crippen molar-refractivity contribution in [1.29, 1.82) is 0 Å². The van der Waals surface area contributed by atoms with Crippen LogP contribution in [0.4, 0.5) is 5.69 Å². The zero-order valence-corrected chi connectivity index (χ0v) is 19.2. The number of nitrogens with one attached hydrogen (secondary N) is 2. The fourth-order valence-electron chi connectivity index (χ4n) is 3.12. The molecular weight excluding hydrogens is 458 g/mol. The van der Waals surface area contributed by atoms with Gasteiger partial charge in [0.25, 0.3) is 11.8 Å². The summed E-state index contributed by atoms with van der Waals surface area (Å²) < 4.78 is 5.73. The minimum Gasteiger partial charge on any atom is -0.444 e. The molecule has 1 heterocycles. The zero-order chi connectivity index (χ0) is 22.2. The third-order valence-corrected chi connectivity index (χ3v) is 5.38. The van der Waals surface area contributed by atoms with Crippen molar-refractivity contribution in [2.75, 3.05) is 18.4 Å². The van der Waals surface area contributed by atoms with E-state index in [4.69, 9.17) is 4.42 Å². The number of hydrogen-bond donors (Lipinski definition) is 2. The van der Waals surface area contributed by atoms with Crippen molar-refractivity contribution < 1.29 is 14.0 Å². The van der Waals surface area contributed by atoms with Gasteiger partial charge in [0, 0.05) is 24.3 Å². The molecule has 0 saturated heterocycles. The molecule has 0 atom stereocenters. The molecule has 0 unspecified atom stereocenters. The number of rotatable bonds is 9. The van der Waals surface area contributed by atoms with Crippen LogP contribution in [0.5, 0.6) is 0 Å². The molecule has 3 aromatic rings. The smallest absolute Gasteiger partial charge is 0.291 e. The monoisotopic (exact) mass is 483 g/mol. The van der Waals surface area contributed by atoms with Gasteiger partial charge in [-0.05, 0) is 70.5 Å². The number of carbonyl (C=O) groups excluding carboxylic acids is 2. The van der Waals surface area contributed by atoms with Gasteiger partial charge in [-0.3, -0.25) is 14.5 Å². The van der Waals surface area contributed by atoms with Crippen LogP contribution in [0.2, 0.25) is 0 Å². The lowest BCUT2D eigenvalue weighted by Crippen LogP contribution is -2.23. The lowest BCUT2D eigenvalue weighted by molar-refractivity contribution is 0.0949. The fraction of sp³-hybridized carbons (Fsp3) is 0.250. The van der Waals surface area contributed by atoms with E-state index in [1.807, 2.05) is 12.1 Å². The summed E-state index contributed by atoms with van der Waals surface area (Å²) in [7, 11) is 0. The second-order valence-corrected chi connectivity index (χ2v) is 7.88. The van der Waals surface area contributed by atoms with E-state index in [2.05, 4.69) is 57.4 Å². The molecule has 6 nitrogen and oxygen atoms in total. The molecule has 0 aliphatic rings. The number of carbonyl (C=O) groups is 2. The predicted octanol–water partition coefficient (Wildman–Crippen LogP) is 5.07. The van der Waals surface area contributed by atoms with Gasteiger partial charge < -0.3 is 15.1 Å². The normalized spacial score (nSPS) is 10.8. The van der Waals surface area contributed by atoms with Gasteiger partial charge in [0.15, 0.2) is 10.4 Å². The molecule has 0 aliphatic heterocycles. The van der Waals surface area contributed by atoms with E-state index < -0.39 is 0 Å². The summed E-state index contributed by atoms with van der Waals surface area (Å²) in [6.07, 6.45) is 0. The maximum Gasteiger partial charge on any atom is 0.291 e. The minimum atomic E-state index is -0.381. The second kappa shape index (κ2) is 10.9. The van der Waals surface area contributed by atoms with Crippen molar-refractivity contribution >= 4 is 33.4 Å². The molecule has 31 heavy (non-hydrogen) atoms. The summed E-state index contributed by atoms with van der Waals surface area (Å²) in [6.45, 7) is 7.71. The minimum absolute atomic E-state index is 0.186. The Morgan fingerprint density at radius 2 is 1.65 bits per heavy atom. The highest BCUT2D eigenvalue weighted by Crippen LogP contribution is 2.17. The summed E-state index contributed by atoms with van der Waals surface area (Å²) in [5.41, 5.74) is 3.28. The van der Waals surface area contributed by atoms with Crippen LogP contribution in [0.3, 0.4) is 0 Å². The number of halogens is 1. The molecular formula is C24H26BrN3O3. The second-order valence-electron chi connectivity index (χ2n) is 7.10. The Balaban J connectivity index is 1.56. The van der Waals surface area contributed by atoms with Crippen LogP contribution in [-0.4, -0.2) is 29.8 Å². The summed E-state index contributed by atoms with van der Waals surface area (Å²) in [6, 6.07) is 18.3. The van der Waals surface area contributed by atoms with Crippen LogP contribution in [-0.2, 0) is 13.1 Å². The molecule has 0 aliphatic carbocycles. The third-order valence-electron chi connectivity index (χ3n) is 4.96. The zero-order valence-electron chi connectivity index (χ0n) is 17.7. The van der Waals surface area contributed by atoms with Crippen molar-refractivity contribution in [3.05, 3.63) is 87.8 Å². The number of benzene rings is 2. The van der Waals surface area contributed by atoms with Crippen LogP contribution in [0.1, 0.15) is 45.9 Å². The van der Waals surface area contributed by atoms with Crippen molar-refractivity contribution in [2.45, 2.75) is 26.9 Å². The first-order valence-corrected chi connectivity index (χ1v) is 11.0. The highest BCUT2D eigenvalue weighted by Gasteiger charge is 2.12. The molecule has 0 spiro atoms. The van der Waals surface area contributed by atoms with Crippen molar-refractivity contribution in [2.24, 2.45) is 0 Å². The Morgan fingerprint density at radius 3 is 2.29 bits per heavy atom. The van der Waals surface area contributed by atoms with Crippen molar-refractivity contribution in [1.82, 2.24) is 10.2 Å². The van der Waals surface area contributed by atoms with E-state index in [-0.39, 0.29) is 17.6 Å². The first kappa shape index (κ1) is 22.8. The lowest BCUT2D eigenvalue weighted by atomic mass is 10.1.